The van der Waals surface area contributed by atoms with E-state index in [1.165, 1.54) is 0 Å². The second-order valence-electron chi connectivity index (χ2n) is 0.577. The first-order valence-electron chi connectivity index (χ1n) is 1.15. The van der Waals surface area contributed by atoms with Crippen molar-refractivity contribution in [1.82, 2.24) is 0 Å². The Hall–Kier alpha value is 1.67. The van der Waals surface area contributed by atoms with E-state index in [-0.39, 0.29) is 50.7 Å². The Kier molecular flexibility index (Phi) is 127. The summed E-state index contributed by atoms with van der Waals surface area (Å²) in [6, 6.07) is 0. The molecule has 1 radical (unpaired) electrons. The van der Waals surface area contributed by atoms with Crippen LogP contribution >= 0.6 is 0 Å². The monoisotopic (exact) mass is 309 g/mol. The molecular weight excluding hydrogens is 302 g/mol. The molecule has 0 rings (SSSR count). The molecule has 6 heavy (non-hydrogen) atoms. The van der Waals surface area contributed by atoms with Gasteiger partial charge in [0.25, 0.3) is 0 Å². The van der Waals surface area contributed by atoms with Crippen molar-refractivity contribution in [2.24, 2.45) is 0 Å². The van der Waals surface area contributed by atoms with E-state index in [0.29, 0.717) is 0 Å². The molecule has 0 unspecified atom stereocenters. The fraction of sp³-hybridized carbons (Fsp3) is 1.00. The molecule has 0 bridgehead atoms. The number of hydrogen-bond donors (Lipinski definition) is 0. The molecule has 0 fully saturated rings. The first kappa shape index (κ1) is 25.3. The molecule has 0 N–H and O–H groups in total. The number of rotatable bonds is 0. The minimum absolute atomic E-state index is 0. The molecule has 4 heteroatoms. The Bertz CT molecular complexity index is 11.5. The molecule has 0 saturated heterocycles. The van der Waals surface area contributed by atoms with Gasteiger partial charge < -0.3 is 24.8 Å². The van der Waals surface area contributed by atoms with Gasteiger partial charge in [-0.1, -0.05) is 13.1 Å². The molecule has 0 aromatic rings. The average molecular weight is 309 g/mol. The minimum Gasteiger partial charge on any atom is -1.00 e. The van der Waals surface area contributed by atoms with E-state index in [1.807, 2.05) is 0 Å². The van der Waals surface area contributed by atoms with Gasteiger partial charge in [-0.2, -0.15) is 0 Å². The van der Waals surface area contributed by atoms with Crippen molar-refractivity contribution >= 4 is 9.52 Å². The number of hydrogen-bond acceptors (Lipinski definition) is 0. The molecule has 0 atom stereocenters. The summed E-state index contributed by atoms with van der Waals surface area (Å²) in [4.78, 5) is 0. The van der Waals surface area contributed by atoms with Gasteiger partial charge in [0, 0.05) is 35.4 Å². The van der Waals surface area contributed by atoms with Gasteiger partial charge in [-0.05, 0) is 0 Å². The second-order valence-corrected chi connectivity index (χ2v) is 1.73. The van der Waals surface area contributed by atoms with Crippen molar-refractivity contribution < 1.29 is 50.7 Å². The summed E-state index contributed by atoms with van der Waals surface area (Å²) in [5, 5.41) is 0. The van der Waals surface area contributed by atoms with Crippen molar-refractivity contribution in [3.05, 3.63) is 0 Å². The predicted octanol–water partition coefficient (Wildman–Crippen LogP) is -5.48. The molecule has 0 aliphatic carbocycles. The molecule has 0 amide bonds. The van der Waals surface area contributed by atoms with Gasteiger partial charge in [0.2, 0.25) is 0 Å². The van der Waals surface area contributed by atoms with Crippen LogP contribution in [0.2, 0.25) is 13.1 Å². The SMILES string of the molecule is C[SiH]C.[Cl-].[Cl-].[Hf]. The predicted molar refractivity (Wildman–Crippen MR) is 18.9 cm³/mol. The van der Waals surface area contributed by atoms with E-state index < -0.39 is 0 Å². The zero-order valence-corrected chi connectivity index (χ0v) is 10.1. The van der Waals surface area contributed by atoms with E-state index in [9.17, 15) is 0 Å². The van der Waals surface area contributed by atoms with Gasteiger partial charge >= 0.3 is 0 Å². The maximum Gasteiger partial charge on any atom is 0.0213 e. The molecule has 0 aliphatic heterocycles. The molecule has 0 aromatic carbocycles. The fourth-order valence-corrected chi connectivity index (χ4v) is 0. The van der Waals surface area contributed by atoms with Crippen LogP contribution in [0.3, 0.4) is 0 Å². The molecule has 0 aliphatic rings. The van der Waals surface area contributed by atoms with Crippen LogP contribution in [0.25, 0.3) is 0 Å². The third-order valence-corrected chi connectivity index (χ3v) is 0. The summed E-state index contributed by atoms with van der Waals surface area (Å²) in [7, 11) is 0.750. The quantitative estimate of drug-likeness (QED) is 0.392. The van der Waals surface area contributed by atoms with Gasteiger partial charge in [0.05, 0.1) is 0 Å². The fourth-order valence-electron chi connectivity index (χ4n) is 0. The van der Waals surface area contributed by atoms with Crippen LogP contribution in [0.5, 0.6) is 0 Å². The van der Waals surface area contributed by atoms with E-state index in [0.717, 1.165) is 9.52 Å². The largest absolute Gasteiger partial charge is 1.00 e. The topological polar surface area (TPSA) is 0 Å². The van der Waals surface area contributed by atoms with Crippen LogP contribution < -0.4 is 24.8 Å². The van der Waals surface area contributed by atoms with Gasteiger partial charge in [0.1, 0.15) is 0 Å². The molecule has 0 nitrogen and oxygen atoms in total. The molecular formula is C2H7Cl2HfSi-2. The van der Waals surface area contributed by atoms with Crippen molar-refractivity contribution in [3.63, 3.8) is 0 Å². The number of halogens is 2. The summed E-state index contributed by atoms with van der Waals surface area (Å²) >= 11 is 0. The Balaban J connectivity index is -0.00000000667. The van der Waals surface area contributed by atoms with Gasteiger partial charge in [-0.15, -0.1) is 0 Å². The van der Waals surface area contributed by atoms with Crippen LogP contribution in [0.4, 0.5) is 0 Å². The summed E-state index contributed by atoms with van der Waals surface area (Å²) in [6.45, 7) is 4.42. The maximum absolute atomic E-state index is 2.21. The standard InChI is InChI=1S/C2H7Si.2ClH.Hf/c1-3-2;;;/h3H,1-2H3;2*1H;/p-2. The summed E-state index contributed by atoms with van der Waals surface area (Å²) in [6.07, 6.45) is 0. The van der Waals surface area contributed by atoms with Crippen LogP contribution in [0.15, 0.2) is 0 Å². The first-order valence-corrected chi connectivity index (χ1v) is 3.46. The Morgan fingerprint density at radius 3 is 1.00 bits per heavy atom. The van der Waals surface area contributed by atoms with Crippen molar-refractivity contribution in [1.29, 1.82) is 0 Å². The Morgan fingerprint density at radius 2 is 1.00 bits per heavy atom. The van der Waals surface area contributed by atoms with E-state index >= 15 is 0 Å². The molecule has 0 heterocycles. The Morgan fingerprint density at radius 1 is 1.00 bits per heavy atom. The summed E-state index contributed by atoms with van der Waals surface area (Å²) in [5.41, 5.74) is 0. The zero-order chi connectivity index (χ0) is 2.71. The molecule has 0 aromatic heterocycles. The minimum atomic E-state index is 0. The van der Waals surface area contributed by atoms with E-state index in [4.69, 9.17) is 0 Å². The third-order valence-electron chi connectivity index (χ3n) is 0. The van der Waals surface area contributed by atoms with E-state index in [2.05, 4.69) is 13.1 Å². The van der Waals surface area contributed by atoms with Crippen LogP contribution in [-0.2, 0) is 25.8 Å². The van der Waals surface area contributed by atoms with Crippen LogP contribution in [-0.4, -0.2) is 9.52 Å². The van der Waals surface area contributed by atoms with Gasteiger partial charge in [0.15, 0.2) is 0 Å². The van der Waals surface area contributed by atoms with Crippen LogP contribution in [0, 0.1) is 0 Å². The average Bonchev–Trinajstić information content (AvgIpc) is 0.918. The summed E-state index contributed by atoms with van der Waals surface area (Å²) < 4.78 is 0. The van der Waals surface area contributed by atoms with E-state index in [1.54, 1.807) is 0 Å². The van der Waals surface area contributed by atoms with Crippen molar-refractivity contribution in [2.45, 2.75) is 13.1 Å². The maximum atomic E-state index is 2.21. The smallest absolute Gasteiger partial charge is 0.0213 e. The normalized spacial score (nSPS) is 3.00. The molecule has 0 saturated carbocycles. The second kappa shape index (κ2) is 30.1. The van der Waals surface area contributed by atoms with Crippen molar-refractivity contribution in [3.8, 4) is 0 Å². The summed E-state index contributed by atoms with van der Waals surface area (Å²) in [5.74, 6) is 0. The van der Waals surface area contributed by atoms with Crippen molar-refractivity contribution in [2.75, 3.05) is 0 Å². The van der Waals surface area contributed by atoms with Gasteiger partial charge in [-0.3, -0.25) is 0 Å². The van der Waals surface area contributed by atoms with Gasteiger partial charge in [-0.25, -0.2) is 0 Å². The Labute approximate surface area is 72.9 Å². The first-order chi connectivity index (χ1) is 1.41. The third kappa shape index (κ3) is 44.4. The molecule has 0 spiro atoms. The van der Waals surface area contributed by atoms with Crippen LogP contribution in [0.1, 0.15) is 0 Å². The zero-order valence-electron chi connectivity index (χ0n) is 3.83. The molecule has 39 valence electrons.